The highest BCUT2D eigenvalue weighted by atomic mass is 32.2. The molecule has 1 fully saturated rings. The first kappa shape index (κ1) is 10.4. The molecule has 0 saturated carbocycles. The van der Waals surface area contributed by atoms with Crippen LogP contribution in [0.4, 0.5) is 0 Å². The van der Waals surface area contributed by atoms with Gasteiger partial charge in [-0.25, -0.2) is 8.42 Å². The number of hydrogen-bond donors (Lipinski definition) is 0. The van der Waals surface area contributed by atoms with Crippen LogP contribution in [0.1, 0.15) is 12.2 Å². The Morgan fingerprint density at radius 1 is 1.53 bits per heavy atom. The Balaban J connectivity index is 1.99. The average Bonchev–Trinajstić information content (AvgIpc) is 2.74. The van der Waals surface area contributed by atoms with Crippen molar-refractivity contribution in [2.75, 3.05) is 11.5 Å². The molecule has 0 bridgehead atoms. The largest absolute Gasteiger partial charge is 0.469 e. The van der Waals surface area contributed by atoms with Gasteiger partial charge in [-0.2, -0.15) is 0 Å². The van der Waals surface area contributed by atoms with E-state index in [0.29, 0.717) is 12.2 Å². The van der Waals surface area contributed by atoms with Crippen molar-refractivity contribution in [3.8, 4) is 0 Å². The zero-order valence-electron chi connectivity index (χ0n) is 8.18. The summed E-state index contributed by atoms with van der Waals surface area (Å²) in [5, 5.41) is 0. The van der Waals surface area contributed by atoms with Crippen molar-refractivity contribution in [2.45, 2.75) is 12.8 Å². The Morgan fingerprint density at radius 3 is 2.87 bits per heavy atom. The minimum atomic E-state index is -2.97. The van der Waals surface area contributed by atoms with Crippen LogP contribution in [-0.4, -0.2) is 25.7 Å². The van der Waals surface area contributed by atoms with Crippen LogP contribution in [0.25, 0.3) is 0 Å². The second-order valence-corrected chi connectivity index (χ2v) is 6.05. The van der Waals surface area contributed by atoms with Crippen LogP contribution in [-0.2, 0) is 21.1 Å². The van der Waals surface area contributed by atoms with Gasteiger partial charge in [0.25, 0.3) is 0 Å². The second kappa shape index (κ2) is 3.81. The van der Waals surface area contributed by atoms with E-state index in [0.717, 1.165) is 0 Å². The summed E-state index contributed by atoms with van der Waals surface area (Å²) in [6.07, 6.45) is 2.17. The third-order valence-electron chi connectivity index (χ3n) is 2.62. The molecule has 1 unspecified atom stereocenters. The second-order valence-electron chi connectivity index (χ2n) is 3.82. The van der Waals surface area contributed by atoms with Crippen molar-refractivity contribution >= 4 is 15.6 Å². The summed E-state index contributed by atoms with van der Waals surface area (Å²) in [4.78, 5) is 11.7. The van der Waals surface area contributed by atoms with Crippen LogP contribution in [0.2, 0.25) is 0 Å². The molecule has 0 spiro atoms. The van der Waals surface area contributed by atoms with E-state index in [4.69, 9.17) is 4.42 Å². The standard InChI is InChI=1S/C10H12O4S/c11-10(6-9-2-1-4-14-9)8-3-5-15(12,13)7-8/h1-2,4,8H,3,5-7H2. The monoisotopic (exact) mass is 228 g/mol. The van der Waals surface area contributed by atoms with Crippen LogP contribution < -0.4 is 0 Å². The molecular weight excluding hydrogens is 216 g/mol. The van der Waals surface area contributed by atoms with E-state index in [1.807, 2.05) is 0 Å². The van der Waals surface area contributed by atoms with Gasteiger partial charge in [0.15, 0.2) is 9.84 Å². The number of ketones is 1. The van der Waals surface area contributed by atoms with Crippen molar-refractivity contribution in [3.63, 3.8) is 0 Å². The number of rotatable bonds is 3. The van der Waals surface area contributed by atoms with Crippen molar-refractivity contribution in [2.24, 2.45) is 5.92 Å². The lowest BCUT2D eigenvalue weighted by Gasteiger charge is -2.03. The number of Topliss-reactive ketones (excluding diaryl/α,β-unsaturated/α-hetero) is 1. The number of carbonyl (C=O) groups is 1. The highest BCUT2D eigenvalue weighted by Gasteiger charge is 2.32. The van der Waals surface area contributed by atoms with Crippen LogP contribution >= 0.6 is 0 Å². The molecule has 5 heteroatoms. The lowest BCUT2D eigenvalue weighted by atomic mass is 10.0. The molecule has 1 aromatic rings. The van der Waals surface area contributed by atoms with Gasteiger partial charge in [-0.05, 0) is 18.6 Å². The Bertz CT molecular complexity index is 444. The van der Waals surface area contributed by atoms with Gasteiger partial charge < -0.3 is 4.42 Å². The molecule has 82 valence electrons. The van der Waals surface area contributed by atoms with Crippen molar-refractivity contribution in [3.05, 3.63) is 24.2 Å². The van der Waals surface area contributed by atoms with E-state index in [-0.39, 0.29) is 29.6 Å². The molecule has 0 N–H and O–H groups in total. The normalized spacial score (nSPS) is 24.1. The molecule has 2 heterocycles. The predicted molar refractivity (Wildman–Crippen MR) is 54.2 cm³/mol. The molecule has 0 aliphatic carbocycles. The highest BCUT2D eigenvalue weighted by Crippen LogP contribution is 2.20. The molecule has 1 atom stereocenters. The highest BCUT2D eigenvalue weighted by molar-refractivity contribution is 7.91. The third kappa shape index (κ3) is 2.47. The summed E-state index contributed by atoms with van der Waals surface area (Å²) in [7, 11) is -2.97. The Labute approximate surface area is 88.2 Å². The fourth-order valence-electron chi connectivity index (χ4n) is 1.78. The Kier molecular flexibility index (Phi) is 2.65. The van der Waals surface area contributed by atoms with Gasteiger partial charge in [0.05, 0.1) is 24.2 Å². The molecule has 1 aliphatic rings. The zero-order valence-corrected chi connectivity index (χ0v) is 9.00. The quantitative estimate of drug-likeness (QED) is 0.768. The summed E-state index contributed by atoms with van der Waals surface area (Å²) in [6.45, 7) is 0. The Hall–Kier alpha value is -1.10. The zero-order chi connectivity index (χ0) is 10.9. The molecule has 0 amide bonds. The number of furan rings is 1. The smallest absolute Gasteiger partial charge is 0.151 e. The van der Waals surface area contributed by atoms with Crippen LogP contribution in [0.3, 0.4) is 0 Å². The summed E-state index contributed by atoms with van der Waals surface area (Å²) in [5.41, 5.74) is 0. The van der Waals surface area contributed by atoms with Gasteiger partial charge >= 0.3 is 0 Å². The van der Waals surface area contributed by atoms with E-state index >= 15 is 0 Å². The molecule has 1 saturated heterocycles. The fraction of sp³-hybridized carbons (Fsp3) is 0.500. The first-order valence-electron chi connectivity index (χ1n) is 4.82. The molecule has 0 radical (unpaired) electrons. The van der Waals surface area contributed by atoms with Crippen LogP contribution in [0.5, 0.6) is 0 Å². The van der Waals surface area contributed by atoms with E-state index in [2.05, 4.69) is 0 Å². The topological polar surface area (TPSA) is 64.3 Å². The van der Waals surface area contributed by atoms with Crippen molar-refractivity contribution in [1.29, 1.82) is 0 Å². The van der Waals surface area contributed by atoms with Crippen LogP contribution in [0.15, 0.2) is 22.8 Å². The average molecular weight is 228 g/mol. The van der Waals surface area contributed by atoms with Gasteiger partial charge in [-0.1, -0.05) is 0 Å². The first-order chi connectivity index (χ1) is 7.07. The van der Waals surface area contributed by atoms with Gasteiger partial charge in [0, 0.05) is 5.92 Å². The maximum absolute atomic E-state index is 11.7. The minimum Gasteiger partial charge on any atom is -0.469 e. The first-order valence-corrected chi connectivity index (χ1v) is 6.64. The number of hydrogen-bond acceptors (Lipinski definition) is 4. The maximum atomic E-state index is 11.7. The molecule has 1 aliphatic heterocycles. The lowest BCUT2D eigenvalue weighted by Crippen LogP contribution is -2.17. The van der Waals surface area contributed by atoms with E-state index < -0.39 is 9.84 Å². The molecule has 1 aromatic heterocycles. The van der Waals surface area contributed by atoms with Gasteiger partial charge in [0.2, 0.25) is 0 Å². The number of carbonyl (C=O) groups excluding carboxylic acids is 1. The van der Waals surface area contributed by atoms with Gasteiger partial charge in [-0.15, -0.1) is 0 Å². The van der Waals surface area contributed by atoms with Crippen LogP contribution in [0, 0.1) is 5.92 Å². The SMILES string of the molecule is O=C(Cc1ccco1)C1CCS(=O)(=O)C1. The molecule has 2 rings (SSSR count). The van der Waals surface area contributed by atoms with Gasteiger partial charge in [-0.3, -0.25) is 4.79 Å². The molecular formula is C10H12O4S. The Morgan fingerprint density at radius 2 is 2.33 bits per heavy atom. The molecule has 15 heavy (non-hydrogen) atoms. The lowest BCUT2D eigenvalue weighted by molar-refractivity contribution is -0.121. The van der Waals surface area contributed by atoms with E-state index in [9.17, 15) is 13.2 Å². The summed E-state index contributed by atoms with van der Waals surface area (Å²) < 4.78 is 27.4. The van der Waals surface area contributed by atoms with Crippen molar-refractivity contribution < 1.29 is 17.6 Å². The summed E-state index contributed by atoms with van der Waals surface area (Å²) >= 11 is 0. The minimum absolute atomic E-state index is 0.00649. The summed E-state index contributed by atoms with van der Waals surface area (Å²) in [6, 6.07) is 3.44. The van der Waals surface area contributed by atoms with E-state index in [1.54, 1.807) is 12.1 Å². The number of sulfone groups is 1. The molecule has 0 aromatic carbocycles. The van der Waals surface area contributed by atoms with Crippen molar-refractivity contribution in [1.82, 2.24) is 0 Å². The van der Waals surface area contributed by atoms with Gasteiger partial charge in [0.1, 0.15) is 11.5 Å². The predicted octanol–water partition coefficient (Wildman–Crippen LogP) is 0.826. The molecule has 4 nitrogen and oxygen atoms in total. The fourth-order valence-corrected chi connectivity index (χ4v) is 3.55. The summed E-state index contributed by atoms with van der Waals surface area (Å²) in [5.74, 6) is 0.379. The maximum Gasteiger partial charge on any atom is 0.151 e. The third-order valence-corrected chi connectivity index (χ3v) is 4.38. The van der Waals surface area contributed by atoms with E-state index in [1.165, 1.54) is 6.26 Å².